The number of aliphatic hydroxyl groups is 1. The average Bonchev–Trinajstić information content (AvgIpc) is 2.75. The molecule has 0 aliphatic rings. The fourth-order valence-electron chi connectivity index (χ4n) is 2.93. The summed E-state index contributed by atoms with van der Waals surface area (Å²) in [5.41, 5.74) is 0.810. The van der Waals surface area contributed by atoms with Gasteiger partial charge >= 0.3 is 5.97 Å². The van der Waals surface area contributed by atoms with E-state index in [0.717, 1.165) is 5.56 Å². The number of halogens is 1. The predicted octanol–water partition coefficient (Wildman–Crippen LogP) is 1.91. The fraction of sp³-hybridized carbons (Fsp3) is 0.435. The summed E-state index contributed by atoms with van der Waals surface area (Å²) in [6.07, 6.45) is 4.26. The number of ether oxygens (including phenoxy) is 1. The Bertz CT molecular complexity index is 736. The highest BCUT2D eigenvalue weighted by atomic mass is 19.1. The number of aliphatic hydroxyl groups excluding tert-OH is 1. The molecule has 1 aromatic rings. The molecule has 0 heterocycles. The number of hydrogen-bond acceptors (Lipinski definition) is 5. The number of carbonyl (C=O) groups is 3. The smallest absolute Gasteiger partial charge is 0.309 e. The van der Waals surface area contributed by atoms with Gasteiger partial charge in [0.2, 0.25) is 11.8 Å². The molecule has 0 aliphatic heterocycles. The van der Waals surface area contributed by atoms with Crippen molar-refractivity contribution >= 4 is 17.8 Å². The van der Waals surface area contributed by atoms with Crippen LogP contribution in [0.5, 0.6) is 0 Å². The van der Waals surface area contributed by atoms with Gasteiger partial charge in [-0.05, 0) is 37.0 Å². The monoisotopic (exact) mass is 434 g/mol. The van der Waals surface area contributed by atoms with Crippen LogP contribution in [0.15, 0.2) is 49.6 Å². The minimum Gasteiger partial charge on any atom is -0.464 e. The minimum absolute atomic E-state index is 0.0147. The molecule has 8 heteroatoms. The predicted molar refractivity (Wildman–Crippen MR) is 115 cm³/mol. The molecule has 0 bridgehead atoms. The van der Waals surface area contributed by atoms with Crippen molar-refractivity contribution in [1.29, 1.82) is 0 Å². The van der Waals surface area contributed by atoms with Gasteiger partial charge in [0.05, 0.1) is 25.0 Å². The normalized spacial score (nSPS) is 12.3. The van der Waals surface area contributed by atoms with Crippen molar-refractivity contribution in [1.82, 2.24) is 10.6 Å². The second kappa shape index (κ2) is 14.9. The zero-order chi connectivity index (χ0) is 23.1. The number of benzene rings is 1. The first-order valence-corrected chi connectivity index (χ1v) is 10.2. The third kappa shape index (κ3) is 10.5. The van der Waals surface area contributed by atoms with Crippen molar-refractivity contribution in [3.8, 4) is 0 Å². The van der Waals surface area contributed by atoms with Gasteiger partial charge in [-0.1, -0.05) is 24.3 Å². The van der Waals surface area contributed by atoms with Gasteiger partial charge < -0.3 is 20.5 Å². The maximum absolute atomic E-state index is 13.1. The summed E-state index contributed by atoms with van der Waals surface area (Å²) in [5, 5.41) is 13.9. The van der Waals surface area contributed by atoms with Crippen molar-refractivity contribution in [2.45, 2.75) is 25.7 Å². The summed E-state index contributed by atoms with van der Waals surface area (Å²) < 4.78 is 18.3. The van der Waals surface area contributed by atoms with Crippen LogP contribution in [0.1, 0.15) is 24.8 Å². The summed E-state index contributed by atoms with van der Waals surface area (Å²) in [5.74, 6) is -2.51. The Hall–Kier alpha value is -3.00. The van der Waals surface area contributed by atoms with Gasteiger partial charge in [0.15, 0.2) is 0 Å². The van der Waals surface area contributed by atoms with Crippen LogP contribution in [0.3, 0.4) is 0 Å². The van der Waals surface area contributed by atoms with Gasteiger partial charge in [-0.2, -0.15) is 0 Å². The van der Waals surface area contributed by atoms with E-state index >= 15 is 0 Å². The van der Waals surface area contributed by atoms with E-state index in [1.54, 1.807) is 24.3 Å². The van der Waals surface area contributed by atoms with Crippen LogP contribution in [0.4, 0.5) is 4.39 Å². The molecular weight excluding hydrogens is 403 g/mol. The number of carbonyl (C=O) groups excluding carboxylic acids is 3. The highest BCUT2D eigenvalue weighted by molar-refractivity contribution is 5.85. The summed E-state index contributed by atoms with van der Waals surface area (Å²) in [7, 11) is 0. The third-order valence-corrected chi connectivity index (χ3v) is 4.51. The maximum Gasteiger partial charge on any atom is 0.309 e. The lowest BCUT2D eigenvalue weighted by molar-refractivity contribution is -0.148. The standard InChI is InChI=1S/C23H31FN2O5/c1-3-5-18(16-21(28)25-11-13-27)22(29)26-12-14-31-23(30)19(6-4-2)15-17-7-9-20(24)10-8-17/h3-4,7-10,18-19,27H,1-2,5-6,11-16H2,(H,25,28)(H,26,29)/t18-,19+/m1/s1. The van der Waals surface area contributed by atoms with E-state index < -0.39 is 17.8 Å². The molecule has 3 N–H and O–H groups in total. The van der Waals surface area contributed by atoms with E-state index in [9.17, 15) is 18.8 Å². The molecule has 0 spiro atoms. The van der Waals surface area contributed by atoms with Gasteiger partial charge in [-0.25, -0.2) is 4.39 Å². The van der Waals surface area contributed by atoms with E-state index in [0.29, 0.717) is 19.3 Å². The van der Waals surface area contributed by atoms with Crippen molar-refractivity contribution < 1.29 is 28.6 Å². The molecule has 0 radical (unpaired) electrons. The first-order valence-electron chi connectivity index (χ1n) is 10.2. The topological polar surface area (TPSA) is 105 Å². The van der Waals surface area contributed by atoms with Gasteiger partial charge in [-0.3, -0.25) is 14.4 Å². The number of hydrogen-bond donors (Lipinski definition) is 3. The van der Waals surface area contributed by atoms with E-state index in [1.165, 1.54) is 12.1 Å². The Balaban J connectivity index is 2.47. The zero-order valence-corrected chi connectivity index (χ0v) is 17.6. The molecule has 7 nitrogen and oxygen atoms in total. The number of nitrogens with one attached hydrogen (secondary N) is 2. The summed E-state index contributed by atoms with van der Waals surface area (Å²) in [6.45, 7) is 7.30. The summed E-state index contributed by atoms with van der Waals surface area (Å²) in [4.78, 5) is 36.5. The molecule has 0 unspecified atom stereocenters. The molecule has 0 aromatic heterocycles. The second-order valence-electron chi connectivity index (χ2n) is 7.01. The van der Waals surface area contributed by atoms with Gasteiger partial charge in [0.1, 0.15) is 12.4 Å². The Morgan fingerprint density at radius 1 is 1.03 bits per heavy atom. The van der Waals surface area contributed by atoms with E-state index in [-0.39, 0.29) is 50.4 Å². The molecule has 2 amide bonds. The Labute approximate surface area is 182 Å². The van der Waals surface area contributed by atoms with Crippen LogP contribution in [-0.4, -0.2) is 49.2 Å². The molecule has 0 saturated carbocycles. The van der Waals surface area contributed by atoms with Gasteiger partial charge in [0.25, 0.3) is 0 Å². The van der Waals surface area contributed by atoms with E-state index in [4.69, 9.17) is 9.84 Å². The molecule has 0 aliphatic carbocycles. The molecule has 31 heavy (non-hydrogen) atoms. The van der Waals surface area contributed by atoms with Gasteiger partial charge in [0, 0.05) is 13.0 Å². The van der Waals surface area contributed by atoms with E-state index in [2.05, 4.69) is 23.8 Å². The van der Waals surface area contributed by atoms with Crippen LogP contribution in [-0.2, 0) is 25.5 Å². The summed E-state index contributed by atoms with van der Waals surface area (Å²) >= 11 is 0. The number of amides is 2. The Morgan fingerprint density at radius 2 is 1.68 bits per heavy atom. The van der Waals surface area contributed by atoms with Crippen LogP contribution in [0, 0.1) is 17.7 Å². The van der Waals surface area contributed by atoms with Crippen molar-refractivity contribution in [2.75, 3.05) is 26.3 Å². The van der Waals surface area contributed by atoms with Crippen LogP contribution >= 0.6 is 0 Å². The highest BCUT2D eigenvalue weighted by Crippen LogP contribution is 2.15. The van der Waals surface area contributed by atoms with Crippen molar-refractivity contribution in [3.63, 3.8) is 0 Å². The summed E-state index contributed by atoms with van der Waals surface area (Å²) in [6, 6.07) is 5.92. The first kappa shape index (κ1) is 26.0. The quantitative estimate of drug-likeness (QED) is 0.222. The van der Waals surface area contributed by atoms with E-state index in [1.807, 2.05) is 0 Å². The van der Waals surface area contributed by atoms with Crippen LogP contribution in [0.25, 0.3) is 0 Å². The molecule has 0 saturated heterocycles. The van der Waals surface area contributed by atoms with Crippen LogP contribution < -0.4 is 10.6 Å². The van der Waals surface area contributed by atoms with Crippen molar-refractivity contribution in [3.05, 3.63) is 61.0 Å². The van der Waals surface area contributed by atoms with Gasteiger partial charge in [-0.15, -0.1) is 13.2 Å². The molecule has 170 valence electrons. The second-order valence-corrected chi connectivity index (χ2v) is 7.01. The van der Waals surface area contributed by atoms with Crippen molar-refractivity contribution in [2.24, 2.45) is 11.8 Å². The molecule has 1 rings (SSSR count). The number of rotatable bonds is 15. The Morgan fingerprint density at radius 3 is 2.29 bits per heavy atom. The lowest BCUT2D eigenvalue weighted by Gasteiger charge is -2.17. The Kier molecular flexibility index (Phi) is 12.5. The number of allylic oxidation sites excluding steroid dienone is 2. The molecular formula is C23H31FN2O5. The lowest BCUT2D eigenvalue weighted by atomic mass is 9.96. The zero-order valence-electron chi connectivity index (χ0n) is 17.6. The SMILES string of the molecule is C=CC[C@H](CC(=O)NCCO)C(=O)NCCOC(=O)[C@@H](CC=C)Cc1ccc(F)cc1. The number of esters is 1. The highest BCUT2D eigenvalue weighted by Gasteiger charge is 2.22. The molecule has 0 fully saturated rings. The third-order valence-electron chi connectivity index (χ3n) is 4.51. The largest absolute Gasteiger partial charge is 0.464 e. The van der Waals surface area contributed by atoms with Crippen LogP contribution in [0.2, 0.25) is 0 Å². The lowest BCUT2D eigenvalue weighted by Crippen LogP contribution is -2.37. The maximum atomic E-state index is 13.1. The fourth-order valence-corrected chi connectivity index (χ4v) is 2.93. The first-order chi connectivity index (χ1) is 14.9. The minimum atomic E-state index is -0.598. The molecule has 2 atom stereocenters. The average molecular weight is 435 g/mol. The molecule has 1 aromatic carbocycles.